The van der Waals surface area contributed by atoms with Crippen molar-refractivity contribution in [3.05, 3.63) is 35.9 Å². The minimum atomic E-state index is -0.994. The second-order valence-electron chi connectivity index (χ2n) is 20.4. The van der Waals surface area contributed by atoms with Crippen LogP contribution in [0.1, 0.15) is 119 Å². The van der Waals surface area contributed by atoms with E-state index in [1.54, 1.807) is 37.7 Å². The topological polar surface area (TPSA) is 241 Å². The Morgan fingerprint density at radius 2 is 1.40 bits per heavy atom. The number of hydrogen-bond acceptors (Lipinski definition) is 13. The largest absolute Gasteiger partial charge is 0.467 e. The minimum Gasteiger partial charge on any atom is -0.467 e. The summed E-state index contributed by atoms with van der Waals surface area (Å²) in [6, 6.07) is 4.60. The summed E-state index contributed by atoms with van der Waals surface area (Å²) in [7, 11) is 7.48. The van der Waals surface area contributed by atoms with Crippen LogP contribution in [0.5, 0.6) is 0 Å². The van der Waals surface area contributed by atoms with Crippen molar-refractivity contribution in [3.8, 4) is 0 Å². The highest BCUT2D eigenvalue weighted by Crippen LogP contribution is 2.30. The molecule has 1 aromatic rings. The SMILES string of the molecule is CCCOCCOCCC(=O)NC(C)C(=O)NCCCC(=O)N(C)[C@H](C(=O)N[C@H](C(=O)N(C)[C@@H]([C@@H](C)CC)[C@@H](CC(=O)N1CCC[C@H]1[C@H](OC)[C@@H](C)C(=O)N[C@@H](Cc1ccccc1)C(=O)OC)OC)C(C)C)C(C)C. The van der Waals surface area contributed by atoms with Crippen LogP contribution in [0.25, 0.3) is 0 Å². The molecule has 1 aliphatic heterocycles. The molecule has 1 unspecified atom stereocenters. The van der Waals surface area contributed by atoms with E-state index >= 15 is 0 Å². The van der Waals surface area contributed by atoms with Crippen molar-refractivity contribution in [2.75, 3.05) is 74.9 Å². The van der Waals surface area contributed by atoms with Crippen molar-refractivity contribution < 1.29 is 62.0 Å². The number of benzene rings is 1. The molecule has 0 bridgehead atoms. The van der Waals surface area contributed by atoms with Crippen LogP contribution in [0.2, 0.25) is 0 Å². The molecule has 0 radical (unpaired) electrons. The summed E-state index contributed by atoms with van der Waals surface area (Å²) in [5.41, 5.74) is 0.848. The Morgan fingerprint density at radius 3 is 1.97 bits per heavy atom. The Bertz CT molecular complexity index is 1940. The highest BCUT2D eigenvalue weighted by molar-refractivity contribution is 5.93. The summed E-state index contributed by atoms with van der Waals surface area (Å²) in [5.74, 6) is -4.76. The summed E-state index contributed by atoms with van der Waals surface area (Å²) in [6.45, 7) is 18.8. The molecule has 1 heterocycles. The molecule has 0 aliphatic carbocycles. The van der Waals surface area contributed by atoms with Crippen molar-refractivity contribution in [2.24, 2.45) is 23.7 Å². The van der Waals surface area contributed by atoms with Gasteiger partial charge in [0.1, 0.15) is 24.2 Å². The number of ether oxygens (including phenoxy) is 5. The first-order chi connectivity index (χ1) is 35.6. The van der Waals surface area contributed by atoms with E-state index < -0.39 is 78.1 Å². The molecule has 426 valence electrons. The average Bonchev–Trinajstić information content (AvgIpc) is 3.87. The van der Waals surface area contributed by atoms with Gasteiger partial charge >= 0.3 is 5.97 Å². The summed E-state index contributed by atoms with van der Waals surface area (Å²) in [6.07, 6.45) is 1.91. The van der Waals surface area contributed by atoms with Gasteiger partial charge in [-0.3, -0.25) is 33.6 Å². The Kier molecular flexibility index (Phi) is 30.3. The summed E-state index contributed by atoms with van der Waals surface area (Å²) < 4.78 is 27.8. The fraction of sp³-hybridized carbons (Fsp3) is 0.745. The molecule has 20 nitrogen and oxygen atoms in total. The molecule has 1 aromatic carbocycles. The van der Waals surface area contributed by atoms with E-state index in [1.807, 2.05) is 78.8 Å². The third-order valence-electron chi connectivity index (χ3n) is 14.1. The molecule has 0 saturated carbocycles. The Morgan fingerprint density at radius 1 is 0.747 bits per heavy atom. The average molecular weight is 1060 g/mol. The van der Waals surface area contributed by atoms with Crippen LogP contribution < -0.4 is 21.3 Å². The van der Waals surface area contributed by atoms with Gasteiger partial charge in [0, 0.05) is 67.3 Å². The second-order valence-corrected chi connectivity index (χ2v) is 20.4. The number of nitrogens with one attached hydrogen (secondary N) is 4. The third-order valence-corrected chi connectivity index (χ3v) is 14.1. The van der Waals surface area contributed by atoms with E-state index in [4.69, 9.17) is 23.7 Å². The maximum atomic E-state index is 14.7. The van der Waals surface area contributed by atoms with Crippen LogP contribution in [0.15, 0.2) is 30.3 Å². The van der Waals surface area contributed by atoms with E-state index in [1.165, 1.54) is 26.2 Å². The molecular formula is C55H93N7O13. The molecule has 0 aromatic heterocycles. The van der Waals surface area contributed by atoms with Gasteiger partial charge in [-0.2, -0.15) is 0 Å². The zero-order valence-electron chi connectivity index (χ0n) is 47.6. The predicted molar refractivity (Wildman–Crippen MR) is 285 cm³/mol. The monoisotopic (exact) mass is 1060 g/mol. The van der Waals surface area contributed by atoms with Crippen LogP contribution >= 0.6 is 0 Å². The van der Waals surface area contributed by atoms with Crippen molar-refractivity contribution in [2.45, 2.75) is 169 Å². The van der Waals surface area contributed by atoms with E-state index in [0.717, 1.165) is 12.0 Å². The molecular weight excluding hydrogens is 967 g/mol. The number of rotatable bonds is 35. The number of likely N-dealkylation sites (tertiary alicyclic amines) is 1. The number of carbonyl (C=O) groups is 8. The molecule has 4 N–H and O–H groups in total. The minimum absolute atomic E-state index is 0.0294. The fourth-order valence-electron chi connectivity index (χ4n) is 9.64. The number of carbonyl (C=O) groups excluding carboxylic acids is 8. The first-order valence-electron chi connectivity index (χ1n) is 26.9. The van der Waals surface area contributed by atoms with Crippen molar-refractivity contribution in [1.29, 1.82) is 0 Å². The van der Waals surface area contributed by atoms with Gasteiger partial charge in [-0.1, -0.05) is 92.1 Å². The van der Waals surface area contributed by atoms with Gasteiger partial charge < -0.3 is 59.7 Å². The van der Waals surface area contributed by atoms with E-state index in [-0.39, 0.29) is 86.6 Å². The Hall–Kier alpha value is -5.18. The van der Waals surface area contributed by atoms with E-state index in [0.29, 0.717) is 45.6 Å². The van der Waals surface area contributed by atoms with Gasteiger partial charge in [0.05, 0.1) is 63.6 Å². The first kappa shape index (κ1) is 65.9. The number of hydrogen-bond donors (Lipinski definition) is 4. The molecule has 10 atom stereocenters. The van der Waals surface area contributed by atoms with Crippen molar-refractivity contribution >= 4 is 47.3 Å². The van der Waals surface area contributed by atoms with Crippen molar-refractivity contribution in [1.82, 2.24) is 36.0 Å². The van der Waals surface area contributed by atoms with E-state index in [2.05, 4.69) is 21.3 Å². The zero-order valence-corrected chi connectivity index (χ0v) is 47.6. The van der Waals surface area contributed by atoms with Crippen LogP contribution in [0.3, 0.4) is 0 Å². The number of nitrogens with zero attached hydrogens (tertiary/aromatic N) is 3. The lowest BCUT2D eigenvalue weighted by molar-refractivity contribution is -0.149. The van der Waals surface area contributed by atoms with Gasteiger partial charge in [-0.05, 0) is 55.9 Å². The van der Waals surface area contributed by atoms with Gasteiger partial charge in [-0.15, -0.1) is 0 Å². The highest BCUT2D eigenvalue weighted by atomic mass is 16.5. The summed E-state index contributed by atoms with van der Waals surface area (Å²) in [5, 5.41) is 11.2. The molecule has 0 spiro atoms. The van der Waals surface area contributed by atoms with Crippen LogP contribution in [0, 0.1) is 23.7 Å². The van der Waals surface area contributed by atoms with Crippen LogP contribution in [-0.2, 0) is 68.5 Å². The van der Waals surface area contributed by atoms with E-state index in [9.17, 15) is 38.4 Å². The van der Waals surface area contributed by atoms with Gasteiger partial charge in [0.25, 0.3) is 0 Å². The normalized spacial score (nSPS) is 17.1. The highest BCUT2D eigenvalue weighted by Gasteiger charge is 2.44. The number of esters is 1. The Labute approximate surface area is 447 Å². The molecule has 1 saturated heterocycles. The lowest BCUT2D eigenvalue weighted by Crippen LogP contribution is -2.60. The summed E-state index contributed by atoms with van der Waals surface area (Å²) in [4.78, 5) is 113. The number of likely N-dealkylation sites (N-methyl/N-ethyl adjacent to an activating group) is 2. The molecule has 75 heavy (non-hydrogen) atoms. The lowest BCUT2D eigenvalue weighted by atomic mass is 9.89. The summed E-state index contributed by atoms with van der Waals surface area (Å²) >= 11 is 0. The number of methoxy groups -OCH3 is 3. The maximum absolute atomic E-state index is 14.7. The molecule has 20 heteroatoms. The van der Waals surface area contributed by atoms with Crippen LogP contribution in [0.4, 0.5) is 0 Å². The zero-order chi connectivity index (χ0) is 56.4. The van der Waals surface area contributed by atoms with Crippen LogP contribution in [-0.4, -0.2) is 185 Å². The fourth-order valence-corrected chi connectivity index (χ4v) is 9.64. The maximum Gasteiger partial charge on any atom is 0.328 e. The standard InChI is InChI=1S/C55H93N7O13/c1-15-29-74-31-32-75-30-26-44(63)57-39(9)52(67)56-27-20-25-45(64)60(10)48(36(5)6)53(68)59-47(35(3)4)54(69)61(11)49(37(7)16-2)43(71-12)34-46(65)62-28-21-24-42(62)50(72-13)38(8)51(66)58-41(55(70)73-14)33-40-22-18-17-19-23-40/h17-19,22-23,35-39,41-43,47-50H,15-16,20-21,24-34H2,1-14H3,(H,56,67)(H,57,63)(H,58,66)(H,59,68)/t37-,38+,39?,41-,42-,43+,47-,48-,49-,50+/m0/s1. The molecule has 1 aliphatic rings. The first-order valence-corrected chi connectivity index (χ1v) is 26.9. The van der Waals surface area contributed by atoms with Gasteiger partial charge in [0.15, 0.2) is 0 Å². The Balaban J connectivity index is 2.12. The second kappa shape index (κ2) is 34.5. The molecule has 7 amide bonds. The smallest absolute Gasteiger partial charge is 0.328 e. The third kappa shape index (κ3) is 21.0. The van der Waals surface area contributed by atoms with Gasteiger partial charge in [0.2, 0.25) is 41.4 Å². The quantitative estimate of drug-likeness (QED) is 0.0562. The number of amides is 7. The predicted octanol–water partition coefficient (Wildman–Crippen LogP) is 3.67. The molecule has 1 fully saturated rings. The molecule has 2 rings (SSSR count). The van der Waals surface area contributed by atoms with Gasteiger partial charge in [-0.25, -0.2) is 4.79 Å². The lowest BCUT2D eigenvalue weighted by Gasteiger charge is -2.41. The van der Waals surface area contributed by atoms with Crippen molar-refractivity contribution in [3.63, 3.8) is 0 Å².